The third kappa shape index (κ3) is 5.45. The monoisotopic (exact) mass is 472 g/mol. The lowest BCUT2D eigenvalue weighted by Gasteiger charge is -2.11. The summed E-state index contributed by atoms with van der Waals surface area (Å²) in [6.45, 7) is 0.677. The maximum atomic E-state index is 13.6. The first-order chi connectivity index (χ1) is 15.5. The zero-order valence-corrected chi connectivity index (χ0v) is 16.6. The molecule has 0 aliphatic heterocycles. The second-order valence-electron chi connectivity index (χ2n) is 6.68. The Bertz CT molecular complexity index is 1200. The molecule has 1 atom stereocenters. The number of tetrazole rings is 1. The van der Waals surface area contributed by atoms with E-state index in [0.717, 1.165) is 23.0 Å². The average molecular weight is 472 g/mol. The molecular formula is C19H14F6N6O2. The van der Waals surface area contributed by atoms with Gasteiger partial charge in [0.25, 0.3) is 0 Å². The van der Waals surface area contributed by atoms with Crippen molar-refractivity contribution < 1.29 is 35.9 Å². The standard InChI is InChI=1S/C19H14F6N6O2/c1-9(18(33)26-8-14(32)27-13-6-5-12(20)15(21)16(13)22)31-29-17(28-30-31)10-3-2-4-11(7-10)19(23,24)25/h2-7,9H,8H2,1H3,(H,26,33)(H,27,32). The molecular weight excluding hydrogens is 458 g/mol. The van der Waals surface area contributed by atoms with E-state index < -0.39 is 59.3 Å². The molecule has 8 nitrogen and oxygen atoms in total. The molecule has 174 valence electrons. The van der Waals surface area contributed by atoms with Crippen molar-refractivity contribution in [2.75, 3.05) is 11.9 Å². The number of halogens is 6. The minimum Gasteiger partial charge on any atom is -0.345 e. The molecule has 2 amide bonds. The molecule has 2 aromatic carbocycles. The van der Waals surface area contributed by atoms with Crippen LogP contribution in [0.3, 0.4) is 0 Å². The van der Waals surface area contributed by atoms with Gasteiger partial charge in [0, 0.05) is 5.56 Å². The fourth-order valence-electron chi connectivity index (χ4n) is 2.58. The number of aromatic nitrogens is 4. The van der Waals surface area contributed by atoms with E-state index in [9.17, 15) is 35.9 Å². The normalized spacial score (nSPS) is 12.3. The molecule has 2 N–H and O–H groups in total. The van der Waals surface area contributed by atoms with Crippen LogP contribution in [0.25, 0.3) is 11.4 Å². The summed E-state index contributed by atoms with van der Waals surface area (Å²) in [7, 11) is 0. The van der Waals surface area contributed by atoms with Crippen LogP contribution in [0, 0.1) is 17.5 Å². The molecule has 1 heterocycles. The lowest BCUT2D eigenvalue weighted by molar-refractivity contribution is -0.137. The smallest absolute Gasteiger partial charge is 0.345 e. The van der Waals surface area contributed by atoms with E-state index in [0.29, 0.717) is 6.07 Å². The highest BCUT2D eigenvalue weighted by Gasteiger charge is 2.31. The lowest BCUT2D eigenvalue weighted by Crippen LogP contribution is -2.37. The Morgan fingerprint density at radius 3 is 2.52 bits per heavy atom. The predicted molar refractivity (Wildman–Crippen MR) is 101 cm³/mol. The second kappa shape index (κ2) is 9.26. The van der Waals surface area contributed by atoms with Crippen molar-refractivity contribution in [1.82, 2.24) is 25.5 Å². The molecule has 1 unspecified atom stereocenters. The van der Waals surface area contributed by atoms with Gasteiger partial charge in [-0.05, 0) is 36.4 Å². The van der Waals surface area contributed by atoms with E-state index in [4.69, 9.17) is 0 Å². The van der Waals surface area contributed by atoms with E-state index in [1.807, 2.05) is 5.32 Å². The Balaban J connectivity index is 1.62. The third-order valence-electron chi connectivity index (χ3n) is 4.33. The Kier molecular flexibility index (Phi) is 6.65. The van der Waals surface area contributed by atoms with Gasteiger partial charge in [-0.1, -0.05) is 12.1 Å². The van der Waals surface area contributed by atoms with Crippen molar-refractivity contribution in [3.63, 3.8) is 0 Å². The Morgan fingerprint density at radius 2 is 1.82 bits per heavy atom. The number of rotatable bonds is 6. The number of carbonyl (C=O) groups is 2. The van der Waals surface area contributed by atoms with Crippen LogP contribution in [0.5, 0.6) is 0 Å². The number of benzene rings is 2. The average Bonchev–Trinajstić information content (AvgIpc) is 3.27. The van der Waals surface area contributed by atoms with Gasteiger partial charge in [0.05, 0.1) is 17.8 Å². The van der Waals surface area contributed by atoms with E-state index in [2.05, 4.69) is 20.7 Å². The van der Waals surface area contributed by atoms with E-state index >= 15 is 0 Å². The molecule has 14 heteroatoms. The Labute approximate surface area is 181 Å². The highest BCUT2D eigenvalue weighted by atomic mass is 19.4. The largest absolute Gasteiger partial charge is 0.416 e. The first-order valence-electron chi connectivity index (χ1n) is 9.15. The number of amides is 2. The van der Waals surface area contributed by atoms with E-state index in [-0.39, 0.29) is 11.4 Å². The maximum Gasteiger partial charge on any atom is 0.416 e. The summed E-state index contributed by atoms with van der Waals surface area (Å²) in [4.78, 5) is 25.0. The van der Waals surface area contributed by atoms with Gasteiger partial charge in [0.1, 0.15) is 6.04 Å². The Morgan fingerprint density at radius 1 is 1.09 bits per heavy atom. The summed E-state index contributed by atoms with van der Waals surface area (Å²) < 4.78 is 78.3. The number of alkyl halides is 3. The fourth-order valence-corrected chi connectivity index (χ4v) is 2.58. The van der Waals surface area contributed by atoms with Crippen LogP contribution in [0.1, 0.15) is 18.5 Å². The van der Waals surface area contributed by atoms with Crippen LogP contribution in [0.2, 0.25) is 0 Å². The highest BCUT2D eigenvalue weighted by molar-refractivity contribution is 5.95. The minimum absolute atomic E-state index is 0.0246. The maximum absolute atomic E-state index is 13.6. The van der Waals surface area contributed by atoms with E-state index in [1.165, 1.54) is 19.1 Å². The van der Waals surface area contributed by atoms with Crippen molar-refractivity contribution in [2.45, 2.75) is 19.1 Å². The van der Waals surface area contributed by atoms with Gasteiger partial charge in [0.15, 0.2) is 17.5 Å². The third-order valence-corrected chi connectivity index (χ3v) is 4.33. The Hall–Kier alpha value is -3.97. The second-order valence-corrected chi connectivity index (χ2v) is 6.68. The van der Waals surface area contributed by atoms with Crippen LogP contribution >= 0.6 is 0 Å². The van der Waals surface area contributed by atoms with Gasteiger partial charge in [-0.25, -0.2) is 13.2 Å². The number of carbonyl (C=O) groups excluding carboxylic acids is 2. The topological polar surface area (TPSA) is 102 Å². The summed E-state index contributed by atoms with van der Waals surface area (Å²) in [6, 6.07) is 4.52. The van der Waals surface area contributed by atoms with Crippen LogP contribution in [-0.2, 0) is 15.8 Å². The SMILES string of the molecule is CC(C(=O)NCC(=O)Nc1ccc(F)c(F)c1F)n1nnc(-c2cccc(C(F)(F)F)c2)n1. The minimum atomic E-state index is -4.57. The van der Waals surface area contributed by atoms with Gasteiger partial charge in [0.2, 0.25) is 17.6 Å². The van der Waals surface area contributed by atoms with Gasteiger partial charge in [-0.15, -0.1) is 10.2 Å². The lowest BCUT2D eigenvalue weighted by atomic mass is 10.1. The number of hydrogen-bond acceptors (Lipinski definition) is 5. The molecule has 0 saturated carbocycles. The molecule has 0 spiro atoms. The molecule has 0 fully saturated rings. The zero-order chi connectivity index (χ0) is 24.3. The molecule has 0 aliphatic carbocycles. The molecule has 3 aromatic rings. The molecule has 0 bridgehead atoms. The molecule has 33 heavy (non-hydrogen) atoms. The van der Waals surface area contributed by atoms with Crippen molar-refractivity contribution in [3.05, 3.63) is 59.4 Å². The number of hydrogen-bond donors (Lipinski definition) is 2. The number of nitrogens with zero attached hydrogens (tertiary/aromatic N) is 4. The van der Waals surface area contributed by atoms with Crippen LogP contribution in [-0.4, -0.2) is 38.6 Å². The number of anilines is 1. The van der Waals surface area contributed by atoms with Crippen LogP contribution in [0.4, 0.5) is 32.0 Å². The molecule has 3 rings (SSSR count). The highest BCUT2D eigenvalue weighted by Crippen LogP contribution is 2.31. The van der Waals surface area contributed by atoms with Gasteiger partial charge in [-0.3, -0.25) is 9.59 Å². The van der Waals surface area contributed by atoms with E-state index in [1.54, 1.807) is 0 Å². The number of nitrogens with one attached hydrogen (secondary N) is 2. The van der Waals surface area contributed by atoms with Crippen molar-refractivity contribution in [3.8, 4) is 11.4 Å². The van der Waals surface area contributed by atoms with Gasteiger partial charge >= 0.3 is 6.18 Å². The van der Waals surface area contributed by atoms with Crippen LogP contribution in [0.15, 0.2) is 36.4 Å². The molecule has 0 saturated heterocycles. The zero-order valence-electron chi connectivity index (χ0n) is 16.6. The first kappa shape index (κ1) is 23.7. The van der Waals surface area contributed by atoms with Crippen molar-refractivity contribution >= 4 is 17.5 Å². The van der Waals surface area contributed by atoms with Gasteiger partial charge < -0.3 is 10.6 Å². The van der Waals surface area contributed by atoms with Gasteiger partial charge in [-0.2, -0.15) is 18.0 Å². The molecule has 0 aliphatic rings. The predicted octanol–water partition coefficient (Wildman–Crippen LogP) is 3.09. The summed E-state index contributed by atoms with van der Waals surface area (Å²) in [5, 5.41) is 15.3. The first-order valence-corrected chi connectivity index (χ1v) is 9.15. The van der Waals surface area contributed by atoms with Crippen molar-refractivity contribution in [2.24, 2.45) is 0 Å². The fraction of sp³-hybridized carbons (Fsp3) is 0.211. The van der Waals surface area contributed by atoms with Crippen LogP contribution < -0.4 is 10.6 Å². The quantitative estimate of drug-likeness (QED) is 0.424. The van der Waals surface area contributed by atoms with Crippen molar-refractivity contribution in [1.29, 1.82) is 0 Å². The summed E-state index contributed by atoms with van der Waals surface area (Å²) in [6.07, 6.45) is -4.57. The summed E-state index contributed by atoms with van der Waals surface area (Å²) in [5.74, 6) is -6.67. The summed E-state index contributed by atoms with van der Waals surface area (Å²) >= 11 is 0. The molecule has 1 aromatic heterocycles. The molecule has 0 radical (unpaired) electrons. The summed E-state index contributed by atoms with van der Waals surface area (Å²) in [5.41, 5.74) is -1.51.